The Kier molecular flexibility index (Phi) is 6.85. The van der Waals surface area contributed by atoms with Crippen molar-refractivity contribution < 1.29 is 9.00 Å². The summed E-state index contributed by atoms with van der Waals surface area (Å²) in [6.07, 6.45) is 2.46. The second kappa shape index (κ2) is 8.64. The average Bonchev–Trinajstić information content (AvgIpc) is 3.05. The van der Waals surface area contributed by atoms with Gasteiger partial charge >= 0.3 is 6.03 Å². The van der Waals surface area contributed by atoms with Crippen LogP contribution in [0, 0.1) is 0 Å². The molecule has 0 unspecified atom stereocenters. The molecule has 1 aliphatic rings. The zero-order valence-electron chi connectivity index (χ0n) is 13.3. The summed E-state index contributed by atoms with van der Waals surface area (Å²) in [6.45, 7) is 6.17. The Morgan fingerprint density at radius 1 is 1.41 bits per heavy atom. The lowest BCUT2D eigenvalue weighted by atomic mass is 10.1. The maximum absolute atomic E-state index is 12.1. The third-order valence-electron chi connectivity index (χ3n) is 4.06. The Hall–Kier alpha value is -0.920. The van der Waals surface area contributed by atoms with Crippen LogP contribution >= 0.6 is 11.3 Å². The molecule has 1 aromatic heterocycles. The van der Waals surface area contributed by atoms with Crippen molar-refractivity contribution in [2.75, 3.05) is 44.7 Å². The summed E-state index contributed by atoms with van der Waals surface area (Å²) < 4.78 is 11.0. The zero-order chi connectivity index (χ0) is 15.9. The Balaban J connectivity index is 1.70. The van der Waals surface area contributed by atoms with Gasteiger partial charge in [-0.3, -0.25) is 9.11 Å². The van der Waals surface area contributed by atoms with Crippen molar-refractivity contribution in [3.05, 3.63) is 22.4 Å². The number of carbonyl (C=O) groups excluding carboxylic acids is 1. The molecule has 124 valence electrons. The van der Waals surface area contributed by atoms with Gasteiger partial charge in [-0.2, -0.15) is 11.3 Å². The fourth-order valence-electron chi connectivity index (χ4n) is 2.62. The minimum atomic E-state index is -0.781. The van der Waals surface area contributed by atoms with E-state index in [1.165, 1.54) is 5.56 Å². The first-order valence-corrected chi connectivity index (χ1v) is 10.3. The molecular weight excluding hydrogens is 318 g/mol. The first-order valence-electron chi connectivity index (χ1n) is 7.67. The number of nitrogens with one attached hydrogen (secondary N) is 1. The highest BCUT2D eigenvalue weighted by Crippen LogP contribution is 2.23. The third-order valence-corrected chi connectivity index (χ3v) is 5.62. The number of piperazine rings is 1. The Morgan fingerprint density at radius 2 is 2.14 bits per heavy atom. The Bertz CT molecular complexity index is 485. The van der Waals surface area contributed by atoms with Crippen LogP contribution in [0.2, 0.25) is 0 Å². The van der Waals surface area contributed by atoms with Gasteiger partial charge in [0, 0.05) is 61.6 Å². The highest BCUT2D eigenvalue weighted by atomic mass is 32.2. The molecule has 0 spiro atoms. The van der Waals surface area contributed by atoms with Gasteiger partial charge in [-0.25, -0.2) is 4.79 Å². The largest absolute Gasteiger partial charge is 0.338 e. The van der Waals surface area contributed by atoms with Gasteiger partial charge in [0.15, 0.2) is 0 Å². The van der Waals surface area contributed by atoms with Crippen molar-refractivity contribution in [2.24, 2.45) is 0 Å². The van der Waals surface area contributed by atoms with Gasteiger partial charge < -0.3 is 10.2 Å². The van der Waals surface area contributed by atoms with E-state index in [1.807, 2.05) is 4.90 Å². The quantitative estimate of drug-likeness (QED) is 0.803. The predicted octanol–water partition coefficient (Wildman–Crippen LogP) is 1.90. The van der Waals surface area contributed by atoms with Crippen LogP contribution in [-0.4, -0.2) is 64.8 Å². The van der Waals surface area contributed by atoms with E-state index in [1.54, 1.807) is 17.6 Å². The molecule has 1 aliphatic heterocycles. The second-order valence-electron chi connectivity index (χ2n) is 5.62. The summed E-state index contributed by atoms with van der Waals surface area (Å²) in [5.41, 5.74) is 1.36. The van der Waals surface area contributed by atoms with Crippen LogP contribution in [0.15, 0.2) is 16.8 Å². The standard InChI is InChI=1S/C15H25N3O2S2/c1-13(14-4-10-21-12-14)17-6-8-18(9-7-17)15(19)16-5-3-11-22(2)20/h4,10,12-13H,3,5-9,11H2,1-2H3,(H,16,19)/t13-,22-/m1/s1. The van der Waals surface area contributed by atoms with Gasteiger partial charge in [0.05, 0.1) is 0 Å². The van der Waals surface area contributed by atoms with E-state index in [0.717, 1.165) is 32.6 Å². The number of hydrogen-bond acceptors (Lipinski definition) is 4. The van der Waals surface area contributed by atoms with Crippen LogP contribution in [0.25, 0.3) is 0 Å². The van der Waals surface area contributed by atoms with E-state index in [2.05, 4.69) is 34.0 Å². The SMILES string of the molecule is C[C@H](c1ccsc1)N1CCN(C(=O)NCCC[S@@](C)=O)CC1. The van der Waals surface area contributed by atoms with Crippen molar-refractivity contribution in [3.63, 3.8) is 0 Å². The number of rotatable bonds is 6. The topological polar surface area (TPSA) is 52.6 Å². The van der Waals surface area contributed by atoms with Crippen LogP contribution in [0.4, 0.5) is 4.79 Å². The summed E-state index contributed by atoms with van der Waals surface area (Å²) in [4.78, 5) is 16.4. The third kappa shape index (κ3) is 5.07. The van der Waals surface area contributed by atoms with Gasteiger partial charge in [-0.05, 0) is 35.7 Å². The second-order valence-corrected chi connectivity index (χ2v) is 7.95. The zero-order valence-corrected chi connectivity index (χ0v) is 14.9. The molecule has 2 heterocycles. The molecule has 1 N–H and O–H groups in total. The maximum atomic E-state index is 12.1. The summed E-state index contributed by atoms with van der Waals surface area (Å²) in [6, 6.07) is 2.59. The lowest BCUT2D eigenvalue weighted by Crippen LogP contribution is -2.52. The van der Waals surface area contributed by atoms with Crippen molar-refractivity contribution in [3.8, 4) is 0 Å². The van der Waals surface area contributed by atoms with Crippen molar-refractivity contribution in [1.82, 2.24) is 15.1 Å². The molecule has 7 heteroatoms. The van der Waals surface area contributed by atoms with Gasteiger partial charge in [0.2, 0.25) is 0 Å². The number of urea groups is 1. The molecule has 0 saturated carbocycles. The van der Waals surface area contributed by atoms with Crippen molar-refractivity contribution in [1.29, 1.82) is 0 Å². The van der Waals surface area contributed by atoms with Crippen molar-refractivity contribution in [2.45, 2.75) is 19.4 Å². The Morgan fingerprint density at radius 3 is 2.73 bits per heavy atom. The lowest BCUT2D eigenvalue weighted by Gasteiger charge is -2.37. The molecule has 2 atom stereocenters. The number of thiophene rings is 1. The first kappa shape index (κ1) is 17.4. The molecule has 0 radical (unpaired) electrons. The summed E-state index contributed by atoms with van der Waals surface area (Å²) in [5, 5.41) is 7.22. The highest BCUT2D eigenvalue weighted by Gasteiger charge is 2.24. The molecule has 0 aromatic carbocycles. The van der Waals surface area contributed by atoms with Crippen LogP contribution in [0.1, 0.15) is 24.9 Å². The van der Waals surface area contributed by atoms with Crippen LogP contribution < -0.4 is 5.32 Å². The molecule has 5 nitrogen and oxygen atoms in total. The molecule has 22 heavy (non-hydrogen) atoms. The molecular formula is C15H25N3O2S2. The van der Waals surface area contributed by atoms with E-state index >= 15 is 0 Å². The molecule has 2 rings (SSSR count). The average molecular weight is 344 g/mol. The summed E-state index contributed by atoms with van der Waals surface area (Å²) in [5.74, 6) is 0.645. The smallest absolute Gasteiger partial charge is 0.317 e. The fourth-order valence-corrected chi connectivity index (χ4v) is 3.92. The molecule has 1 saturated heterocycles. The van der Waals surface area contributed by atoms with E-state index in [4.69, 9.17) is 0 Å². The summed E-state index contributed by atoms with van der Waals surface area (Å²) >= 11 is 1.73. The normalized spacial score (nSPS) is 18.9. The van der Waals surface area contributed by atoms with E-state index < -0.39 is 10.8 Å². The van der Waals surface area contributed by atoms with Crippen LogP contribution in [-0.2, 0) is 10.8 Å². The van der Waals surface area contributed by atoms with Gasteiger partial charge in [-0.15, -0.1) is 0 Å². The predicted molar refractivity (Wildman–Crippen MR) is 92.8 cm³/mol. The van der Waals surface area contributed by atoms with Crippen LogP contribution in [0.5, 0.6) is 0 Å². The molecule has 1 aromatic rings. The highest BCUT2D eigenvalue weighted by molar-refractivity contribution is 7.84. The first-order chi connectivity index (χ1) is 10.6. The maximum Gasteiger partial charge on any atom is 0.317 e. The van der Waals surface area contributed by atoms with E-state index in [9.17, 15) is 9.00 Å². The van der Waals surface area contributed by atoms with Gasteiger partial charge in [0.25, 0.3) is 0 Å². The molecule has 0 bridgehead atoms. The van der Waals surface area contributed by atoms with E-state index in [-0.39, 0.29) is 6.03 Å². The molecule has 2 amide bonds. The summed E-state index contributed by atoms with van der Waals surface area (Å²) in [7, 11) is -0.781. The van der Waals surface area contributed by atoms with Crippen LogP contribution in [0.3, 0.4) is 0 Å². The number of hydrogen-bond donors (Lipinski definition) is 1. The number of amides is 2. The molecule has 1 fully saturated rings. The fraction of sp³-hybridized carbons (Fsp3) is 0.667. The monoisotopic (exact) mass is 343 g/mol. The Labute approximate surface area is 139 Å². The number of nitrogens with zero attached hydrogens (tertiary/aromatic N) is 2. The minimum Gasteiger partial charge on any atom is -0.338 e. The van der Waals surface area contributed by atoms with Gasteiger partial charge in [0.1, 0.15) is 0 Å². The van der Waals surface area contributed by atoms with Gasteiger partial charge in [-0.1, -0.05) is 0 Å². The van der Waals surface area contributed by atoms with E-state index in [0.29, 0.717) is 18.3 Å². The lowest BCUT2D eigenvalue weighted by molar-refractivity contribution is 0.114. The number of carbonyl (C=O) groups is 1. The van der Waals surface area contributed by atoms with Crippen molar-refractivity contribution >= 4 is 28.2 Å². The minimum absolute atomic E-state index is 0.00437. The molecule has 0 aliphatic carbocycles.